The second-order valence-corrected chi connectivity index (χ2v) is 5.23. The molecule has 0 unspecified atom stereocenters. The Morgan fingerprint density at radius 3 is 2.84 bits per heavy atom. The highest BCUT2D eigenvalue weighted by Crippen LogP contribution is 2.26. The van der Waals surface area contributed by atoms with Gasteiger partial charge in [-0.05, 0) is 37.5 Å². The summed E-state index contributed by atoms with van der Waals surface area (Å²) in [5.41, 5.74) is 1.21. The van der Waals surface area contributed by atoms with Crippen LogP contribution in [0.1, 0.15) is 31.7 Å². The van der Waals surface area contributed by atoms with Crippen molar-refractivity contribution < 1.29 is 9.47 Å². The van der Waals surface area contributed by atoms with Crippen LogP contribution < -0.4 is 10.1 Å². The van der Waals surface area contributed by atoms with E-state index in [-0.39, 0.29) is 0 Å². The van der Waals surface area contributed by atoms with Gasteiger partial charge in [0.2, 0.25) is 0 Å². The zero-order valence-corrected chi connectivity index (χ0v) is 12.2. The van der Waals surface area contributed by atoms with Gasteiger partial charge in [-0.15, -0.1) is 0 Å². The Morgan fingerprint density at radius 2 is 2.16 bits per heavy atom. The molecule has 0 aromatic heterocycles. The first-order chi connectivity index (χ1) is 9.29. The van der Waals surface area contributed by atoms with E-state index in [9.17, 15) is 0 Å². The van der Waals surface area contributed by atoms with Gasteiger partial charge < -0.3 is 14.8 Å². The van der Waals surface area contributed by atoms with Crippen LogP contribution in [-0.4, -0.2) is 25.9 Å². The van der Waals surface area contributed by atoms with Gasteiger partial charge >= 0.3 is 0 Å². The molecule has 2 rings (SSSR count). The van der Waals surface area contributed by atoms with Crippen molar-refractivity contribution >= 4 is 11.6 Å². The highest BCUT2D eigenvalue weighted by Gasteiger charge is 2.19. The molecule has 0 aliphatic heterocycles. The third-order valence-corrected chi connectivity index (χ3v) is 3.36. The fourth-order valence-corrected chi connectivity index (χ4v) is 2.07. The lowest BCUT2D eigenvalue weighted by molar-refractivity contribution is 0.131. The normalized spacial score (nSPS) is 14.6. The van der Waals surface area contributed by atoms with Gasteiger partial charge in [0.1, 0.15) is 5.75 Å². The van der Waals surface area contributed by atoms with Crippen LogP contribution in [0, 0.1) is 0 Å². The summed E-state index contributed by atoms with van der Waals surface area (Å²) >= 11 is 6.22. The molecule has 3 nitrogen and oxygen atoms in total. The first-order valence-electron chi connectivity index (χ1n) is 7.02. The minimum absolute atomic E-state index is 0.638. The maximum atomic E-state index is 6.22. The third-order valence-electron chi connectivity index (χ3n) is 3.06. The van der Waals surface area contributed by atoms with Crippen molar-refractivity contribution in [2.75, 3.05) is 19.8 Å². The lowest BCUT2D eigenvalue weighted by Crippen LogP contribution is -2.15. The lowest BCUT2D eigenvalue weighted by Gasteiger charge is -2.10. The number of ether oxygens (including phenoxy) is 2. The number of benzene rings is 1. The Kier molecular flexibility index (Phi) is 5.95. The second kappa shape index (κ2) is 7.73. The summed E-state index contributed by atoms with van der Waals surface area (Å²) in [6.45, 7) is 5.00. The molecule has 106 valence electrons. The number of rotatable bonds is 9. The summed E-state index contributed by atoms with van der Waals surface area (Å²) < 4.78 is 10.9. The summed E-state index contributed by atoms with van der Waals surface area (Å²) in [6, 6.07) is 6.72. The maximum Gasteiger partial charge on any atom is 0.137 e. The smallest absolute Gasteiger partial charge is 0.137 e. The highest BCUT2D eigenvalue weighted by molar-refractivity contribution is 6.32. The summed E-state index contributed by atoms with van der Waals surface area (Å²) in [7, 11) is 0. The van der Waals surface area contributed by atoms with Crippen molar-refractivity contribution in [3.8, 4) is 5.75 Å². The van der Waals surface area contributed by atoms with Gasteiger partial charge in [0.15, 0.2) is 0 Å². The van der Waals surface area contributed by atoms with Crippen LogP contribution in [0.4, 0.5) is 0 Å². The Labute approximate surface area is 120 Å². The molecule has 1 fully saturated rings. The molecule has 0 spiro atoms. The van der Waals surface area contributed by atoms with E-state index < -0.39 is 0 Å². The number of nitrogens with one attached hydrogen (secondary N) is 1. The Balaban J connectivity index is 1.73. The number of hydrogen-bond acceptors (Lipinski definition) is 3. The minimum Gasteiger partial charge on any atom is -0.492 e. The van der Waals surface area contributed by atoms with Gasteiger partial charge in [0.25, 0.3) is 0 Å². The molecule has 1 aliphatic carbocycles. The van der Waals surface area contributed by atoms with E-state index in [1.54, 1.807) is 0 Å². The Morgan fingerprint density at radius 1 is 1.32 bits per heavy atom. The average molecular weight is 284 g/mol. The van der Waals surface area contributed by atoms with Gasteiger partial charge in [-0.2, -0.15) is 0 Å². The predicted octanol–water partition coefficient (Wildman–Crippen LogP) is 3.40. The minimum atomic E-state index is 0.638. The fourth-order valence-electron chi connectivity index (χ4n) is 1.81. The number of halogens is 1. The zero-order valence-electron chi connectivity index (χ0n) is 11.5. The molecular weight excluding hydrogens is 262 g/mol. The van der Waals surface area contributed by atoms with E-state index in [0.717, 1.165) is 31.9 Å². The molecule has 1 saturated carbocycles. The molecule has 1 N–H and O–H groups in total. The van der Waals surface area contributed by atoms with Crippen molar-refractivity contribution in [1.82, 2.24) is 5.32 Å². The molecule has 0 heterocycles. The Bertz CT molecular complexity index is 394. The van der Waals surface area contributed by atoms with Crippen molar-refractivity contribution in [2.45, 2.75) is 38.8 Å². The van der Waals surface area contributed by atoms with E-state index in [2.05, 4.69) is 11.4 Å². The summed E-state index contributed by atoms with van der Waals surface area (Å²) in [6.07, 6.45) is 3.48. The molecule has 0 atom stereocenters. The molecule has 0 amide bonds. The van der Waals surface area contributed by atoms with Crippen LogP contribution in [-0.2, 0) is 11.3 Å². The predicted molar refractivity (Wildman–Crippen MR) is 77.9 cm³/mol. The van der Waals surface area contributed by atoms with Crippen LogP contribution in [0.15, 0.2) is 18.2 Å². The van der Waals surface area contributed by atoms with Gasteiger partial charge in [0.05, 0.1) is 11.6 Å². The molecule has 0 saturated heterocycles. The van der Waals surface area contributed by atoms with Gasteiger partial charge in [0, 0.05) is 32.2 Å². The summed E-state index contributed by atoms with van der Waals surface area (Å²) in [4.78, 5) is 0. The summed E-state index contributed by atoms with van der Waals surface area (Å²) in [5.74, 6) is 0.758. The third kappa shape index (κ3) is 5.39. The quantitative estimate of drug-likeness (QED) is 0.705. The molecule has 1 aliphatic rings. The molecule has 0 bridgehead atoms. The lowest BCUT2D eigenvalue weighted by atomic mass is 10.2. The molecule has 4 heteroatoms. The Hall–Kier alpha value is -0.770. The first-order valence-corrected chi connectivity index (χ1v) is 7.39. The topological polar surface area (TPSA) is 30.5 Å². The fraction of sp³-hybridized carbons (Fsp3) is 0.600. The van der Waals surface area contributed by atoms with Crippen molar-refractivity contribution in [3.05, 3.63) is 28.8 Å². The molecule has 0 radical (unpaired) electrons. The molecule has 1 aromatic rings. The van der Waals surface area contributed by atoms with E-state index in [1.165, 1.54) is 18.4 Å². The van der Waals surface area contributed by atoms with E-state index >= 15 is 0 Å². The second-order valence-electron chi connectivity index (χ2n) is 4.82. The highest BCUT2D eigenvalue weighted by atomic mass is 35.5. The van der Waals surface area contributed by atoms with Crippen molar-refractivity contribution in [2.24, 2.45) is 0 Å². The molecule has 1 aromatic carbocycles. The van der Waals surface area contributed by atoms with Crippen molar-refractivity contribution in [1.29, 1.82) is 0 Å². The maximum absolute atomic E-state index is 6.22. The van der Waals surface area contributed by atoms with Gasteiger partial charge in [-0.25, -0.2) is 0 Å². The molecule has 19 heavy (non-hydrogen) atoms. The van der Waals surface area contributed by atoms with E-state index in [0.29, 0.717) is 17.7 Å². The van der Waals surface area contributed by atoms with Gasteiger partial charge in [-0.1, -0.05) is 17.7 Å². The SMILES string of the molecule is CCOCCCOc1ccc(CNC2CC2)cc1Cl. The standard InChI is InChI=1S/C15H22ClNO2/c1-2-18-8-3-9-19-15-7-4-12(10-14(15)16)11-17-13-5-6-13/h4,7,10,13,17H,2-3,5-6,8-9,11H2,1H3. The van der Waals surface area contributed by atoms with Crippen LogP contribution in [0.25, 0.3) is 0 Å². The molecular formula is C15H22ClNO2. The zero-order chi connectivity index (χ0) is 13.5. The van der Waals surface area contributed by atoms with E-state index in [1.807, 2.05) is 19.1 Å². The van der Waals surface area contributed by atoms with E-state index in [4.69, 9.17) is 21.1 Å². The van der Waals surface area contributed by atoms with Crippen molar-refractivity contribution in [3.63, 3.8) is 0 Å². The number of hydrogen-bond donors (Lipinski definition) is 1. The van der Waals surface area contributed by atoms with Crippen LogP contribution in [0.5, 0.6) is 5.75 Å². The summed E-state index contributed by atoms with van der Waals surface area (Å²) in [5, 5.41) is 4.16. The monoisotopic (exact) mass is 283 g/mol. The van der Waals surface area contributed by atoms with Crippen LogP contribution >= 0.6 is 11.6 Å². The average Bonchev–Trinajstić information content (AvgIpc) is 3.22. The van der Waals surface area contributed by atoms with Gasteiger partial charge in [-0.3, -0.25) is 0 Å². The largest absolute Gasteiger partial charge is 0.492 e. The first kappa shape index (κ1) is 14.6. The van der Waals surface area contributed by atoms with Crippen LogP contribution in [0.3, 0.4) is 0 Å². The van der Waals surface area contributed by atoms with Crippen LogP contribution in [0.2, 0.25) is 5.02 Å².